The molecule has 1 aromatic rings. The highest BCUT2D eigenvalue weighted by Crippen LogP contribution is 2.08. The van der Waals surface area contributed by atoms with E-state index in [0.29, 0.717) is 10.7 Å². The first-order chi connectivity index (χ1) is 5.22. The molecule has 4 nitrogen and oxygen atoms in total. The summed E-state index contributed by atoms with van der Waals surface area (Å²) in [6.07, 6.45) is -1.17. The molecule has 0 bridgehead atoms. The molecule has 0 saturated heterocycles. The van der Waals surface area contributed by atoms with Crippen LogP contribution >= 0.6 is 12.4 Å². The minimum absolute atomic E-state index is 0. The van der Waals surface area contributed by atoms with E-state index < -0.39 is 6.09 Å². The highest BCUT2D eigenvalue weighted by Gasteiger charge is 2.06. The fourth-order valence-corrected chi connectivity index (χ4v) is 0.699. The van der Waals surface area contributed by atoms with Gasteiger partial charge in [-0.25, -0.2) is 15.6 Å². The molecular formula is C7H9ClN2O2. The number of carbonyl (C=O) groups is 1. The fraction of sp³-hybridized carbons (Fsp3) is 0. The summed E-state index contributed by atoms with van der Waals surface area (Å²) in [5.41, 5.74) is 0.458. The molecule has 1 amide bonds. The van der Waals surface area contributed by atoms with Crippen LogP contribution in [-0.2, 0) is 0 Å². The number of hydrogen-bond donors (Lipinski definition) is 2. The van der Waals surface area contributed by atoms with Crippen LogP contribution < -0.4 is 10.9 Å². The van der Waals surface area contributed by atoms with Crippen molar-refractivity contribution in [2.45, 2.75) is 0 Å². The van der Waals surface area contributed by atoms with Crippen LogP contribution in [-0.4, -0.2) is 11.2 Å². The minimum atomic E-state index is -1.17. The Balaban J connectivity index is 0.00000121. The van der Waals surface area contributed by atoms with Crippen molar-refractivity contribution in [1.82, 2.24) is 0 Å². The Morgan fingerprint density at radius 2 is 1.83 bits per heavy atom. The van der Waals surface area contributed by atoms with Crippen LogP contribution in [0.2, 0.25) is 0 Å². The number of anilines is 1. The monoisotopic (exact) mass is 188 g/mol. The molecule has 0 fully saturated rings. The Morgan fingerprint density at radius 1 is 1.33 bits per heavy atom. The zero-order chi connectivity index (χ0) is 8.27. The van der Waals surface area contributed by atoms with Gasteiger partial charge in [0.2, 0.25) is 0 Å². The lowest BCUT2D eigenvalue weighted by molar-refractivity contribution is 0.202. The second-order valence-corrected chi connectivity index (χ2v) is 1.99. The summed E-state index contributed by atoms with van der Waals surface area (Å²) in [5.74, 6) is 5.17. The highest BCUT2D eigenvalue weighted by atomic mass is 35.5. The lowest BCUT2D eigenvalue weighted by atomic mass is 10.3. The molecule has 0 aliphatic carbocycles. The molecule has 0 unspecified atom stereocenters. The maximum atomic E-state index is 10.3. The van der Waals surface area contributed by atoms with Gasteiger partial charge < -0.3 is 5.11 Å². The van der Waals surface area contributed by atoms with Crippen molar-refractivity contribution in [3.63, 3.8) is 0 Å². The van der Waals surface area contributed by atoms with E-state index in [-0.39, 0.29) is 12.4 Å². The molecule has 3 N–H and O–H groups in total. The summed E-state index contributed by atoms with van der Waals surface area (Å²) in [6.45, 7) is 0. The topological polar surface area (TPSA) is 66.6 Å². The van der Waals surface area contributed by atoms with Gasteiger partial charge in [0, 0.05) is 0 Å². The third kappa shape index (κ3) is 2.41. The van der Waals surface area contributed by atoms with Gasteiger partial charge in [0.25, 0.3) is 0 Å². The smallest absolute Gasteiger partial charge is 0.426 e. The molecule has 12 heavy (non-hydrogen) atoms. The SMILES string of the molecule is Cl.NN(C(=O)O)c1ccccc1. The van der Waals surface area contributed by atoms with Crippen molar-refractivity contribution in [3.8, 4) is 0 Å². The predicted octanol–water partition coefficient (Wildman–Crippen LogP) is 1.47. The third-order valence-electron chi connectivity index (χ3n) is 1.24. The van der Waals surface area contributed by atoms with E-state index in [0.717, 1.165) is 0 Å². The number of benzene rings is 1. The van der Waals surface area contributed by atoms with Crippen LogP contribution in [0.5, 0.6) is 0 Å². The van der Waals surface area contributed by atoms with Gasteiger partial charge in [-0.05, 0) is 12.1 Å². The lowest BCUT2D eigenvalue weighted by Gasteiger charge is -2.10. The van der Waals surface area contributed by atoms with Crippen molar-refractivity contribution in [2.75, 3.05) is 5.01 Å². The molecule has 0 aromatic heterocycles. The van der Waals surface area contributed by atoms with Crippen LogP contribution in [0.25, 0.3) is 0 Å². The summed E-state index contributed by atoms with van der Waals surface area (Å²) in [6, 6.07) is 8.47. The van der Waals surface area contributed by atoms with Gasteiger partial charge in [0.1, 0.15) is 0 Å². The number of halogens is 1. The van der Waals surface area contributed by atoms with Crippen molar-refractivity contribution >= 4 is 24.2 Å². The molecule has 5 heteroatoms. The summed E-state index contributed by atoms with van der Waals surface area (Å²) < 4.78 is 0. The highest BCUT2D eigenvalue weighted by molar-refractivity contribution is 5.85. The van der Waals surface area contributed by atoms with Crippen molar-refractivity contribution in [1.29, 1.82) is 0 Å². The van der Waals surface area contributed by atoms with E-state index in [1.165, 1.54) is 0 Å². The van der Waals surface area contributed by atoms with Gasteiger partial charge in [0.15, 0.2) is 0 Å². The normalized spacial score (nSPS) is 8.42. The number of hydrazine groups is 1. The number of rotatable bonds is 1. The summed E-state index contributed by atoms with van der Waals surface area (Å²) >= 11 is 0. The van der Waals surface area contributed by atoms with Crippen LogP contribution in [0.1, 0.15) is 0 Å². The Labute approximate surface area is 76.0 Å². The summed E-state index contributed by atoms with van der Waals surface area (Å²) in [5, 5.41) is 9.10. The first-order valence-corrected chi connectivity index (χ1v) is 3.04. The van der Waals surface area contributed by atoms with E-state index in [4.69, 9.17) is 10.9 Å². The van der Waals surface area contributed by atoms with Gasteiger partial charge in [-0.1, -0.05) is 18.2 Å². The van der Waals surface area contributed by atoms with Crippen molar-refractivity contribution in [3.05, 3.63) is 30.3 Å². The molecule has 0 spiro atoms. The largest absolute Gasteiger partial charge is 0.464 e. The minimum Gasteiger partial charge on any atom is -0.464 e. The quantitative estimate of drug-likeness (QED) is 0.399. The van der Waals surface area contributed by atoms with Crippen LogP contribution in [0.4, 0.5) is 10.5 Å². The van der Waals surface area contributed by atoms with Crippen molar-refractivity contribution < 1.29 is 9.90 Å². The maximum absolute atomic E-state index is 10.3. The average Bonchev–Trinajstić information content (AvgIpc) is 2.05. The Hall–Kier alpha value is -1.26. The van der Waals surface area contributed by atoms with E-state index in [9.17, 15) is 4.79 Å². The number of amides is 1. The Morgan fingerprint density at radius 3 is 2.25 bits per heavy atom. The molecule has 1 rings (SSSR count). The van der Waals surface area contributed by atoms with E-state index in [2.05, 4.69) is 0 Å². The average molecular weight is 189 g/mol. The fourth-order valence-electron chi connectivity index (χ4n) is 0.699. The summed E-state index contributed by atoms with van der Waals surface area (Å²) in [7, 11) is 0. The first-order valence-electron chi connectivity index (χ1n) is 3.04. The van der Waals surface area contributed by atoms with Gasteiger partial charge in [-0.15, -0.1) is 12.4 Å². The van der Waals surface area contributed by atoms with E-state index >= 15 is 0 Å². The zero-order valence-electron chi connectivity index (χ0n) is 6.18. The second-order valence-electron chi connectivity index (χ2n) is 1.99. The van der Waals surface area contributed by atoms with Gasteiger partial charge >= 0.3 is 6.09 Å². The maximum Gasteiger partial charge on any atom is 0.426 e. The Kier molecular flexibility index (Phi) is 4.10. The molecule has 0 radical (unpaired) electrons. The van der Waals surface area contributed by atoms with Crippen LogP contribution in [0.15, 0.2) is 30.3 Å². The van der Waals surface area contributed by atoms with E-state index in [1.807, 2.05) is 0 Å². The number of hydrogen-bond acceptors (Lipinski definition) is 2. The predicted molar refractivity (Wildman–Crippen MR) is 48.4 cm³/mol. The molecule has 0 atom stereocenters. The van der Waals surface area contributed by atoms with Crippen LogP contribution in [0.3, 0.4) is 0 Å². The van der Waals surface area contributed by atoms with E-state index in [1.54, 1.807) is 30.3 Å². The van der Waals surface area contributed by atoms with Crippen LogP contribution in [0, 0.1) is 0 Å². The number of carboxylic acid groups (broad SMARTS) is 1. The Bertz CT molecular complexity index is 253. The molecule has 1 aromatic carbocycles. The number of nitrogens with two attached hydrogens (primary N) is 1. The molecule has 66 valence electrons. The molecule has 0 heterocycles. The second kappa shape index (κ2) is 4.58. The van der Waals surface area contributed by atoms with Gasteiger partial charge in [0.05, 0.1) is 5.69 Å². The number of nitrogens with zero attached hydrogens (tertiary/aromatic N) is 1. The standard InChI is InChI=1S/C7H8N2O2.ClH/c8-9(7(10)11)6-4-2-1-3-5-6;/h1-5H,8H2,(H,10,11);1H. The number of para-hydroxylation sites is 1. The van der Waals surface area contributed by atoms with Crippen molar-refractivity contribution in [2.24, 2.45) is 5.84 Å². The first kappa shape index (κ1) is 10.7. The molecule has 0 aliphatic rings. The molecular weight excluding hydrogens is 180 g/mol. The molecule has 0 saturated carbocycles. The third-order valence-corrected chi connectivity index (χ3v) is 1.24. The zero-order valence-corrected chi connectivity index (χ0v) is 6.99. The summed E-state index contributed by atoms with van der Waals surface area (Å²) in [4.78, 5) is 10.3. The molecule has 0 aliphatic heterocycles. The lowest BCUT2D eigenvalue weighted by Crippen LogP contribution is -2.35. The van der Waals surface area contributed by atoms with Gasteiger partial charge in [-0.2, -0.15) is 0 Å². The van der Waals surface area contributed by atoms with Gasteiger partial charge in [-0.3, -0.25) is 0 Å².